The molecule has 0 aliphatic rings. The van der Waals surface area contributed by atoms with Crippen LogP contribution in [0.2, 0.25) is 0 Å². The molecule has 7 heteroatoms. The summed E-state index contributed by atoms with van der Waals surface area (Å²) < 4.78 is 27.4. The van der Waals surface area contributed by atoms with E-state index < -0.39 is 15.8 Å². The average Bonchev–Trinajstić information content (AvgIpc) is 2.51. The minimum atomic E-state index is -3.31. The Morgan fingerprint density at radius 3 is 2.60 bits per heavy atom. The Balaban J connectivity index is 2.77. The number of carbonyl (C=O) groups is 1. The summed E-state index contributed by atoms with van der Waals surface area (Å²) in [7, 11) is -3.31. The zero-order valence-corrected chi connectivity index (χ0v) is 8.66. The summed E-state index contributed by atoms with van der Waals surface area (Å²) in [5.74, 6) is -1.85. The Bertz CT molecular complexity index is 447. The van der Waals surface area contributed by atoms with Crippen molar-refractivity contribution >= 4 is 15.8 Å². The molecule has 1 aromatic heterocycles. The first-order chi connectivity index (χ1) is 6.94. The normalized spacial score (nSPS) is 11.5. The van der Waals surface area contributed by atoms with Gasteiger partial charge in [0.25, 0.3) is 0 Å². The van der Waals surface area contributed by atoms with Crippen LogP contribution >= 0.6 is 0 Å². The van der Waals surface area contributed by atoms with Crippen LogP contribution in [-0.4, -0.2) is 31.8 Å². The van der Waals surface area contributed by atoms with Gasteiger partial charge in [0.15, 0.2) is 9.84 Å². The number of carboxylic acid groups (broad SMARTS) is 1. The quantitative estimate of drug-likeness (QED) is 0.731. The van der Waals surface area contributed by atoms with Crippen LogP contribution in [0.5, 0.6) is 0 Å². The van der Waals surface area contributed by atoms with Crippen LogP contribution in [0.3, 0.4) is 0 Å². The van der Waals surface area contributed by atoms with E-state index in [0.29, 0.717) is 0 Å². The summed E-state index contributed by atoms with van der Waals surface area (Å²) in [5.41, 5.74) is 5.12. The lowest BCUT2D eigenvalue weighted by Gasteiger charge is -1.98. The highest BCUT2D eigenvalue weighted by Crippen LogP contribution is 2.11. The number of furan rings is 1. The second-order valence-electron chi connectivity index (χ2n) is 2.95. The number of aromatic carboxylic acids is 1. The molecule has 0 aliphatic heterocycles. The van der Waals surface area contributed by atoms with Crippen LogP contribution in [0, 0.1) is 0 Å². The van der Waals surface area contributed by atoms with E-state index in [-0.39, 0.29) is 29.6 Å². The molecule has 84 valence electrons. The van der Waals surface area contributed by atoms with Crippen LogP contribution in [0.4, 0.5) is 0 Å². The lowest BCUT2D eigenvalue weighted by Crippen LogP contribution is -2.17. The van der Waals surface area contributed by atoms with E-state index in [1.54, 1.807) is 0 Å². The maximum atomic E-state index is 11.3. The molecule has 0 aliphatic carbocycles. The maximum absolute atomic E-state index is 11.3. The van der Waals surface area contributed by atoms with Crippen molar-refractivity contribution in [1.29, 1.82) is 0 Å². The summed E-state index contributed by atoms with van der Waals surface area (Å²) in [6.45, 7) is 0.0365. The summed E-state index contributed by atoms with van der Waals surface area (Å²) in [5, 5.41) is 8.54. The molecule has 0 saturated carbocycles. The Morgan fingerprint density at radius 1 is 1.47 bits per heavy atom. The molecule has 0 bridgehead atoms. The highest BCUT2D eigenvalue weighted by Gasteiger charge is 2.15. The molecular formula is C8H11NO5S. The Kier molecular flexibility index (Phi) is 3.48. The first kappa shape index (κ1) is 11.7. The van der Waals surface area contributed by atoms with Crippen molar-refractivity contribution in [3.8, 4) is 0 Å². The van der Waals surface area contributed by atoms with Crippen molar-refractivity contribution in [2.45, 2.75) is 5.75 Å². The van der Waals surface area contributed by atoms with E-state index in [1.165, 1.54) is 12.1 Å². The summed E-state index contributed by atoms with van der Waals surface area (Å²) in [6.07, 6.45) is 0. The van der Waals surface area contributed by atoms with E-state index in [9.17, 15) is 13.2 Å². The van der Waals surface area contributed by atoms with Crippen molar-refractivity contribution in [3.63, 3.8) is 0 Å². The largest absolute Gasteiger partial charge is 0.475 e. The van der Waals surface area contributed by atoms with Gasteiger partial charge in [-0.05, 0) is 12.1 Å². The second-order valence-corrected chi connectivity index (χ2v) is 5.14. The van der Waals surface area contributed by atoms with Gasteiger partial charge in [0.1, 0.15) is 11.5 Å². The molecule has 0 saturated heterocycles. The second kappa shape index (κ2) is 4.45. The van der Waals surface area contributed by atoms with Gasteiger partial charge in [-0.15, -0.1) is 0 Å². The van der Waals surface area contributed by atoms with E-state index in [4.69, 9.17) is 15.3 Å². The molecule has 0 radical (unpaired) electrons. The minimum Gasteiger partial charge on any atom is -0.475 e. The van der Waals surface area contributed by atoms with Crippen LogP contribution in [0.15, 0.2) is 16.5 Å². The van der Waals surface area contributed by atoms with Gasteiger partial charge in [-0.2, -0.15) is 0 Å². The predicted molar refractivity (Wildman–Crippen MR) is 52.2 cm³/mol. The molecule has 1 aromatic rings. The highest BCUT2D eigenvalue weighted by atomic mass is 32.2. The molecule has 0 fully saturated rings. The number of nitrogens with two attached hydrogens (primary N) is 1. The molecule has 0 spiro atoms. The van der Waals surface area contributed by atoms with Crippen molar-refractivity contribution < 1.29 is 22.7 Å². The van der Waals surface area contributed by atoms with Crippen molar-refractivity contribution in [2.24, 2.45) is 5.73 Å². The zero-order valence-electron chi connectivity index (χ0n) is 7.84. The van der Waals surface area contributed by atoms with Crippen molar-refractivity contribution in [2.75, 3.05) is 12.3 Å². The van der Waals surface area contributed by atoms with Crippen LogP contribution in [0.1, 0.15) is 16.3 Å². The van der Waals surface area contributed by atoms with Gasteiger partial charge in [0, 0.05) is 6.54 Å². The predicted octanol–water partition coefficient (Wildman–Crippen LogP) is -0.149. The fraction of sp³-hybridized carbons (Fsp3) is 0.375. The van der Waals surface area contributed by atoms with Crippen LogP contribution < -0.4 is 5.73 Å². The zero-order chi connectivity index (χ0) is 11.5. The van der Waals surface area contributed by atoms with E-state index in [0.717, 1.165) is 0 Å². The van der Waals surface area contributed by atoms with Crippen LogP contribution in [-0.2, 0) is 15.6 Å². The monoisotopic (exact) mass is 233 g/mol. The molecule has 15 heavy (non-hydrogen) atoms. The first-order valence-corrected chi connectivity index (χ1v) is 5.99. The molecule has 0 atom stereocenters. The molecule has 0 aromatic carbocycles. The minimum absolute atomic E-state index is 0.0365. The standard InChI is InChI=1S/C8H11NO5S/c9-3-4-15(12,13)5-6-1-2-7(14-6)8(10)11/h1-2H,3-5,9H2,(H,10,11). The first-order valence-electron chi connectivity index (χ1n) is 4.17. The average molecular weight is 233 g/mol. The fourth-order valence-electron chi connectivity index (χ4n) is 1.04. The fourth-order valence-corrected chi connectivity index (χ4v) is 2.13. The van der Waals surface area contributed by atoms with Gasteiger partial charge in [-0.25, -0.2) is 13.2 Å². The summed E-state index contributed by atoms with van der Waals surface area (Å²) in [4.78, 5) is 10.4. The molecule has 0 amide bonds. The smallest absolute Gasteiger partial charge is 0.371 e. The van der Waals surface area contributed by atoms with Gasteiger partial charge in [0.2, 0.25) is 5.76 Å². The van der Waals surface area contributed by atoms with E-state index >= 15 is 0 Å². The lowest BCUT2D eigenvalue weighted by molar-refractivity contribution is 0.0660. The molecule has 3 N–H and O–H groups in total. The third kappa shape index (κ3) is 3.37. The SMILES string of the molecule is NCCS(=O)(=O)Cc1ccc(C(=O)O)o1. The number of sulfone groups is 1. The van der Waals surface area contributed by atoms with E-state index in [2.05, 4.69) is 0 Å². The van der Waals surface area contributed by atoms with Crippen molar-refractivity contribution in [1.82, 2.24) is 0 Å². The molecule has 0 unspecified atom stereocenters. The highest BCUT2D eigenvalue weighted by molar-refractivity contribution is 7.90. The summed E-state index contributed by atoms with van der Waals surface area (Å²) in [6, 6.07) is 2.55. The third-order valence-electron chi connectivity index (χ3n) is 1.66. The summed E-state index contributed by atoms with van der Waals surface area (Å²) >= 11 is 0. The Hall–Kier alpha value is -1.34. The number of carboxylic acids is 1. The van der Waals surface area contributed by atoms with Gasteiger partial charge in [-0.3, -0.25) is 0 Å². The molecule has 1 heterocycles. The lowest BCUT2D eigenvalue weighted by atomic mass is 10.4. The van der Waals surface area contributed by atoms with Gasteiger partial charge in [0.05, 0.1) is 5.75 Å². The van der Waals surface area contributed by atoms with Crippen LogP contribution in [0.25, 0.3) is 0 Å². The van der Waals surface area contributed by atoms with Gasteiger partial charge >= 0.3 is 5.97 Å². The van der Waals surface area contributed by atoms with E-state index in [1.807, 2.05) is 0 Å². The Morgan fingerprint density at radius 2 is 2.13 bits per heavy atom. The number of rotatable bonds is 5. The molecular weight excluding hydrogens is 222 g/mol. The molecule has 1 rings (SSSR count). The topological polar surface area (TPSA) is 111 Å². The third-order valence-corrected chi connectivity index (χ3v) is 3.25. The molecule has 6 nitrogen and oxygen atoms in total. The number of hydrogen-bond acceptors (Lipinski definition) is 5. The number of hydrogen-bond donors (Lipinski definition) is 2. The van der Waals surface area contributed by atoms with Gasteiger partial charge < -0.3 is 15.3 Å². The maximum Gasteiger partial charge on any atom is 0.371 e. The van der Waals surface area contributed by atoms with Crippen molar-refractivity contribution in [3.05, 3.63) is 23.7 Å². The Labute approximate surface area is 86.6 Å². The van der Waals surface area contributed by atoms with Gasteiger partial charge in [-0.1, -0.05) is 0 Å².